The summed E-state index contributed by atoms with van der Waals surface area (Å²) >= 11 is 3.07. The lowest BCUT2D eigenvalue weighted by atomic mass is 10.2. The van der Waals surface area contributed by atoms with Crippen molar-refractivity contribution in [3.05, 3.63) is 37.2 Å². The number of nitro groups is 1. The Morgan fingerprint density at radius 2 is 2.24 bits per heavy atom. The molecule has 0 aliphatic carbocycles. The standard InChI is InChI=1S/C10H11BrN2O4/c1-2-3-8(14)6-12-5-7(11)4-9(10(12)15)13(16)17/h4-5H,2-3,6H2,1H3. The van der Waals surface area contributed by atoms with Gasteiger partial charge in [-0.25, -0.2) is 0 Å². The molecule has 0 radical (unpaired) electrons. The van der Waals surface area contributed by atoms with E-state index in [4.69, 9.17) is 0 Å². The Morgan fingerprint density at radius 1 is 1.59 bits per heavy atom. The number of carbonyl (C=O) groups excluding carboxylic acids is 1. The minimum atomic E-state index is -0.761. The van der Waals surface area contributed by atoms with Gasteiger partial charge in [-0.15, -0.1) is 0 Å². The minimum Gasteiger partial charge on any atom is -0.301 e. The number of nitrogens with zero attached hydrogens (tertiary/aromatic N) is 2. The number of hydrogen-bond acceptors (Lipinski definition) is 4. The molecule has 17 heavy (non-hydrogen) atoms. The zero-order valence-electron chi connectivity index (χ0n) is 9.18. The van der Waals surface area contributed by atoms with Gasteiger partial charge in [-0.1, -0.05) is 6.92 Å². The molecule has 0 aromatic carbocycles. The fourth-order valence-corrected chi connectivity index (χ4v) is 1.84. The number of ketones is 1. The van der Waals surface area contributed by atoms with Crippen LogP contribution in [0.1, 0.15) is 19.8 Å². The Balaban J connectivity index is 3.12. The van der Waals surface area contributed by atoms with Crippen molar-refractivity contribution >= 4 is 27.4 Å². The van der Waals surface area contributed by atoms with E-state index < -0.39 is 16.2 Å². The first-order valence-electron chi connectivity index (χ1n) is 5.01. The summed E-state index contributed by atoms with van der Waals surface area (Å²) in [5.74, 6) is -0.123. The number of rotatable bonds is 5. The van der Waals surface area contributed by atoms with Crippen molar-refractivity contribution < 1.29 is 9.72 Å². The zero-order chi connectivity index (χ0) is 13.0. The van der Waals surface area contributed by atoms with Gasteiger partial charge in [0.05, 0.1) is 11.5 Å². The smallest absolute Gasteiger partial charge is 0.301 e. The Hall–Kier alpha value is -1.50. The van der Waals surface area contributed by atoms with Gasteiger partial charge >= 0.3 is 11.2 Å². The summed E-state index contributed by atoms with van der Waals surface area (Å²) < 4.78 is 1.45. The molecule has 6 nitrogen and oxygen atoms in total. The van der Waals surface area contributed by atoms with Crippen LogP contribution in [0.2, 0.25) is 0 Å². The van der Waals surface area contributed by atoms with E-state index in [1.807, 2.05) is 6.92 Å². The normalized spacial score (nSPS) is 10.2. The highest BCUT2D eigenvalue weighted by atomic mass is 79.9. The number of Topliss-reactive ketones (excluding diaryl/α,β-unsaturated/α-hetero) is 1. The molecule has 0 saturated heterocycles. The van der Waals surface area contributed by atoms with E-state index in [2.05, 4.69) is 15.9 Å². The minimum absolute atomic E-state index is 0.123. The zero-order valence-corrected chi connectivity index (χ0v) is 10.8. The topological polar surface area (TPSA) is 82.2 Å². The van der Waals surface area contributed by atoms with Crippen molar-refractivity contribution in [2.24, 2.45) is 0 Å². The van der Waals surface area contributed by atoms with Crippen LogP contribution in [0.3, 0.4) is 0 Å². The SMILES string of the molecule is CCCC(=O)Cn1cc(Br)cc([N+](=O)[O-])c1=O. The molecule has 0 bridgehead atoms. The van der Waals surface area contributed by atoms with Gasteiger partial charge in [0.1, 0.15) is 0 Å². The Morgan fingerprint density at radius 3 is 2.76 bits per heavy atom. The fourth-order valence-electron chi connectivity index (χ4n) is 1.38. The van der Waals surface area contributed by atoms with E-state index in [0.717, 1.165) is 10.6 Å². The van der Waals surface area contributed by atoms with Crippen LogP contribution in [0.15, 0.2) is 21.5 Å². The third kappa shape index (κ3) is 3.48. The summed E-state index contributed by atoms with van der Waals surface area (Å²) in [5.41, 5.74) is -1.30. The first-order valence-corrected chi connectivity index (χ1v) is 5.81. The molecule has 0 N–H and O–H groups in total. The molecule has 0 spiro atoms. The summed E-state index contributed by atoms with van der Waals surface area (Å²) in [7, 11) is 0. The molecular weight excluding hydrogens is 292 g/mol. The summed E-state index contributed by atoms with van der Waals surface area (Å²) in [4.78, 5) is 32.9. The lowest BCUT2D eigenvalue weighted by molar-refractivity contribution is -0.386. The molecule has 0 aliphatic rings. The van der Waals surface area contributed by atoms with Crippen LogP contribution in [0.5, 0.6) is 0 Å². The summed E-state index contributed by atoms with van der Waals surface area (Å²) in [6.07, 6.45) is 2.42. The molecule has 0 fully saturated rings. The van der Waals surface area contributed by atoms with E-state index in [1.54, 1.807) is 0 Å². The number of pyridine rings is 1. The number of halogens is 1. The van der Waals surface area contributed by atoms with Crippen molar-refractivity contribution in [1.29, 1.82) is 0 Å². The monoisotopic (exact) mass is 302 g/mol. The summed E-state index contributed by atoms with van der Waals surface area (Å²) in [6, 6.07) is 1.13. The number of aromatic nitrogens is 1. The molecule has 0 saturated carbocycles. The lowest BCUT2D eigenvalue weighted by Crippen LogP contribution is -2.25. The van der Waals surface area contributed by atoms with Crippen molar-refractivity contribution in [2.75, 3.05) is 0 Å². The number of carbonyl (C=O) groups is 1. The highest BCUT2D eigenvalue weighted by Gasteiger charge is 2.16. The van der Waals surface area contributed by atoms with Crippen molar-refractivity contribution in [2.45, 2.75) is 26.3 Å². The van der Waals surface area contributed by atoms with Gasteiger partial charge in [-0.3, -0.25) is 19.7 Å². The molecule has 1 rings (SSSR count). The molecule has 1 aromatic heterocycles. The van der Waals surface area contributed by atoms with Crippen LogP contribution in [0, 0.1) is 10.1 Å². The second kappa shape index (κ2) is 5.72. The van der Waals surface area contributed by atoms with Gasteiger partial charge in [0.2, 0.25) is 0 Å². The lowest BCUT2D eigenvalue weighted by Gasteiger charge is -2.04. The van der Waals surface area contributed by atoms with Gasteiger partial charge in [-0.2, -0.15) is 0 Å². The molecule has 0 atom stereocenters. The quantitative estimate of drug-likeness (QED) is 0.614. The van der Waals surface area contributed by atoms with E-state index >= 15 is 0 Å². The summed E-state index contributed by atoms with van der Waals surface area (Å²) in [5, 5.41) is 10.6. The average molecular weight is 303 g/mol. The van der Waals surface area contributed by atoms with Gasteiger partial charge in [-0.05, 0) is 22.4 Å². The second-order valence-corrected chi connectivity index (χ2v) is 4.44. The average Bonchev–Trinajstić information content (AvgIpc) is 2.22. The molecule has 0 amide bonds. The molecule has 1 aromatic rings. The maximum atomic E-state index is 11.7. The molecule has 0 aliphatic heterocycles. The van der Waals surface area contributed by atoms with Crippen LogP contribution in [-0.2, 0) is 11.3 Å². The van der Waals surface area contributed by atoms with Crippen LogP contribution in [0.25, 0.3) is 0 Å². The highest BCUT2D eigenvalue weighted by molar-refractivity contribution is 9.10. The van der Waals surface area contributed by atoms with E-state index in [0.29, 0.717) is 17.3 Å². The Kier molecular flexibility index (Phi) is 4.56. The Labute approximate surface area is 106 Å². The fraction of sp³-hybridized carbons (Fsp3) is 0.400. The van der Waals surface area contributed by atoms with Gasteiger partial charge in [0.15, 0.2) is 5.78 Å². The molecule has 92 valence electrons. The van der Waals surface area contributed by atoms with E-state index in [-0.39, 0.29) is 12.3 Å². The molecular formula is C10H11BrN2O4. The van der Waals surface area contributed by atoms with Gasteiger partial charge in [0.25, 0.3) is 0 Å². The number of hydrogen-bond donors (Lipinski definition) is 0. The van der Waals surface area contributed by atoms with E-state index in [9.17, 15) is 19.7 Å². The third-order valence-corrected chi connectivity index (χ3v) is 2.54. The van der Waals surface area contributed by atoms with Crippen molar-refractivity contribution in [3.8, 4) is 0 Å². The molecule has 1 heterocycles. The first-order chi connectivity index (χ1) is 7.95. The predicted molar refractivity (Wildman–Crippen MR) is 65.0 cm³/mol. The first kappa shape index (κ1) is 13.6. The van der Waals surface area contributed by atoms with Crippen LogP contribution < -0.4 is 5.56 Å². The van der Waals surface area contributed by atoms with Crippen LogP contribution >= 0.6 is 15.9 Å². The maximum Gasteiger partial charge on any atom is 0.335 e. The van der Waals surface area contributed by atoms with Crippen LogP contribution in [0.4, 0.5) is 5.69 Å². The predicted octanol–water partition coefficient (Wildman–Crippen LogP) is 1.89. The summed E-state index contributed by atoms with van der Waals surface area (Å²) in [6.45, 7) is 1.72. The van der Waals surface area contributed by atoms with Crippen molar-refractivity contribution in [1.82, 2.24) is 4.57 Å². The Bertz CT molecular complexity index is 510. The third-order valence-electron chi connectivity index (χ3n) is 2.11. The van der Waals surface area contributed by atoms with Crippen molar-refractivity contribution in [3.63, 3.8) is 0 Å². The molecule has 0 unspecified atom stereocenters. The molecule has 7 heteroatoms. The highest BCUT2D eigenvalue weighted by Crippen LogP contribution is 2.13. The van der Waals surface area contributed by atoms with Gasteiger partial charge in [0, 0.05) is 23.2 Å². The van der Waals surface area contributed by atoms with Crippen LogP contribution in [-0.4, -0.2) is 15.3 Å². The maximum absolute atomic E-state index is 11.7. The van der Waals surface area contributed by atoms with Gasteiger partial charge < -0.3 is 4.57 Å². The second-order valence-electron chi connectivity index (χ2n) is 3.52. The largest absolute Gasteiger partial charge is 0.335 e. The van der Waals surface area contributed by atoms with E-state index in [1.165, 1.54) is 6.20 Å².